The highest BCUT2D eigenvalue weighted by molar-refractivity contribution is 5.33. The fourth-order valence-electron chi connectivity index (χ4n) is 1.80. The molecule has 0 aliphatic rings. The van der Waals surface area contributed by atoms with Gasteiger partial charge in [-0.05, 0) is 26.0 Å². The molecule has 0 bridgehead atoms. The smallest absolute Gasteiger partial charge is 0.226 e. The van der Waals surface area contributed by atoms with Gasteiger partial charge in [0, 0.05) is 25.3 Å². The number of nitrogens with zero attached hydrogens (tertiary/aromatic N) is 3. The molecule has 0 fully saturated rings. The molecule has 0 aliphatic carbocycles. The van der Waals surface area contributed by atoms with Crippen molar-refractivity contribution < 1.29 is 0 Å². The molecule has 0 saturated heterocycles. The normalized spacial score (nSPS) is 10.4. The molecule has 100 valence electrons. The molecule has 1 rings (SSSR count). The lowest BCUT2D eigenvalue weighted by Crippen LogP contribution is -2.27. The average molecular weight is 248 g/mol. The topological polar surface area (TPSA) is 41.1 Å². The van der Waals surface area contributed by atoms with Crippen molar-refractivity contribution in [2.45, 2.75) is 33.7 Å². The minimum atomic E-state index is 0.790. The third kappa shape index (κ3) is 4.45. The maximum Gasteiger partial charge on any atom is 0.226 e. The highest BCUT2D eigenvalue weighted by atomic mass is 15.2. The van der Waals surface area contributed by atoms with Gasteiger partial charge in [-0.15, -0.1) is 6.58 Å². The molecule has 18 heavy (non-hydrogen) atoms. The van der Waals surface area contributed by atoms with Gasteiger partial charge in [-0.1, -0.05) is 19.9 Å². The zero-order valence-electron chi connectivity index (χ0n) is 11.7. The zero-order valence-corrected chi connectivity index (χ0v) is 11.7. The highest BCUT2D eigenvalue weighted by Gasteiger charge is 2.09. The molecule has 1 aromatic heterocycles. The van der Waals surface area contributed by atoms with Crippen LogP contribution >= 0.6 is 0 Å². The van der Waals surface area contributed by atoms with Gasteiger partial charge in [0.15, 0.2) is 0 Å². The minimum Gasteiger partial charge on any atom is -0.337 e. The van der Waals surface area contributed by atoms with Crippen molar-refractivity contribution >= 4 is 5.95 Å². The van der Waals surface area contributed by atoms with Gasteiger partial charge in [-0.2, -0.15) is 0 Å². The van der Waals surface area contributed by atoms with Crippen LogP contribution in [0, 0.1) is 6.92 Å². The number of aromatic nitrogens is 2. The predicted molar refractivity (Wildman–Crippen MR) is 76.9 cm³/mol. The molecule has 4 nitrogen and oxygen atoms in total. The van der Waals surface area contributed by atoms with Gasteiger partial charge in [0.25, 0.3) is 0 Å². The summed E-state index contributed by atoms with van der Waals surface area (Å²) in [5, 5.41) is 3.29. The van der Waals surface area contributed by atoms with E-state index in [1.54, 1.807) is 0 Å². The molecule has 1 N–H and O–H groups in total. The standard InChI is InChI=1S/C14H24N4/c1-5-8-18(9-6-2)14-16-12(4)10-13(17-14)11-15-7-3/h5,10,15H,1,6-9,11H2,2-4H3. The number of aryl methyl sites for hydroxylation is 1. The van der Waals surface area contributed by atoms with E-state index in [9.17, 15) is 0 Å². The van der Waals surface area contributed by atoms with Gasteiger partial charge >= 0.3 is 0 Å². The van der Waals surface area contributed by atoms with Crippen LogP contribution in [0.15, 0.2) is 18.7 Å². The Balaban J connectivity index is 2.90. The molecule has 0 saturated carbocycles. The van der Waals surface area contributed by atoms with Crippen LogP contribution in [0.3, 0.4) is 0 Å². The monoisotopic (exact) mass is 248 g/mol. The lowest BCUT2D eigenvalue weighted by atomic mass is 10.3. The van der Waals surface area contributed by atoms with Crippen molar-refractivity contribution in [1.29, 1.82) is 0 Å². The van der Waals surface area contributed by atoms with Crippen LogP contribution < -0.4 is 10.2 Å². The fourth-order valence-corrected chi connectivity index (χ4v) is 1.80. The second kappa shape index (κ2) is 7.82. The van der Waals surface area contributed by atoms with Crippen LogP contribution in [0.25, 0.3) is 0 Å². The molecule has 4 heteroatoms. The number of hydrogen-bond donors (Lipinski definition) is 1. The van der Waals surface area contributed by atoms with Crippen LogP contribution in [0.2, 0.25) is 0 Å². The highest BCUT2D eigenvalue weighted by Crippen LogP contribution is 2.11. The summed E-state index contributed by atoms with van der Waals surface area (Å²) in [4.78, 5) is 11.3. The number of anilines is 1. The van der Waals surface area contributed by atoms with E-state index in [2.05, 4.69) is 40.6 Å². The molecule has 0 amide bonds. The van der Waals surface area contributed by atoms with E-state index in [1.165, 1.54) is 0 Å². The van der Waals surface area contributed by atoms with Gasteiger partial charge in [0.05, 0.1) is 5.69 Å². The summed E-state index contributed by atoms with van der Waals surface area (Å²) >= 11 is 0. The van der Waals surface area contributed by atoms with Crippen molar-refractivity contribution in [2.24, 2.45) is 0 Å². The first-order chi connectivity index (χ1) is 8.71. The predicted octanol–water partition coefficient (Wildman–Crippen LogP) is 2.30. The zero-order chi connectivity index (χ0) is 13.4. The van der Waals surface area contributed by atoms with Crippen molar-refractivity contribution in [3.05, 3.63) is 30.1 Å². The summed E-state index contributed by atoms with van der Waals surface area (Å²) in [6, 6.07) is 2.03. The van der Waals surface area contributed by atoms with Gasteiger partial charge in [-0.25, -0.2) is 9.97 Å². The molecule has 0 aromatic carbocycles. The maximum atomic E-state index is 4.61. The Bertz CT molecular complexity index is 376. The number of nitrogens with one attached hydrogen (secondary N) is 1. The van der Waals surface area contributed by atoms with Gasteiger partial charge in [-0.3, -0.25) is 0 Å². The van der Waals surface area contributed by atoms with Crippen LogP contribution in [0.1, 0.15) is 31.7 Å². The van der Waals surface area contributed by atoms with E-state index in [0.29, 0.717) is 0 Å². The first-order valence-corrected chi connectivity index (χ1v) is 6.62. The van der Waals surface area contributed by atoms with Crippen molar-refractivity contribution in [1.82, 2.24) is 15.3 Å². The molecule has 0 atom stereocenters. The second-order valence-electron chi connectivity index (χ2n) is 4.32. The molecule has 0 spiro atoms. The van der Waals surface area contributed by atoms with Crippen molar-refractivity contribution in [3.63, 3.8) is 0 Å². The molecule has 0 radical (unpaired) electrons. The van der Waals surface area contributed by atoms with Gasteiger partial charge < -0.3 is 10.2 Å². The van der Waals surface area contributed by atoms with E-state index < -0.39 is 0 Å². The van der Waals surface area contributed by atoms with Crippen LogP contribution in [0.5, 0.6) is 0 Å². The second-order valence-corrected chi connectivity index (χ2v) is 4.32. The fraction of sp³-hybridized carbons (Fsp3) is 0.571. The largest absolute Gasteiger partial charge is 0.337 e. The Kier molecular flexibility index (Phi) is 6.36. The van der Waals surface area contributed by atoms with Crippen LogP contribution in [-0.2, 0) is 6.54 Å². The Hall–Kier alpha value is -1.42. The molecule has 1 aromatic rings. The summed E-state index contributed by atoms with van der Waals surface area (Å²) in [6.45, 7) is 13.5. The Morgan fingerprint density at radius 1 is 1.39 bits per heavy atom. The summed E-state index contributed by atoms with van der Waals surface area (Å²) in [5.41, 5.74) is 2.06. The molecule has 0 aliphatic heterocycles. The quantitative estimate of drug-likeness (QED) is 0.717. The molecule has 0 unspecified atom stereocenters. The van der Waals surface area contributed by atoms with Crippen LogP contribution in [-0.4, -0.2) is 29.6 Å². The molecule has 1 heterocycles. The van der Waals surface area contributed by atoms with E-state index in [-0.39, 0.29) is 0 Å². The number of hydrogen-bond acceptors (Lipinski definition) is 4. The van der Waals surface area contributed by atoms with E-state index in [1.807, 2.05) is 19.1 Å². The lowest BCUT2D eigenvalue weighted by molar-refractivity contribution is 0.699. The minimum absolute atomic E-state index is 0.790. The first kappa shape index (κ1) is 14.6. The average Bonchev–Trinajstić information content (AvgIpc) is 2.35. The van der Waals surface area contributed by atoms with E-state index in [0.717, 1.165) is 49.9 Å². The summed E-state index contributed by atoms with van der Waals surface area (Å²) in [5.74, 6) is 0.810. The van der Waals surface area contributed by atoms with Gasteiger partial charge in [0.1, 0.15) is 0 Å². The van der Waals surface area contributed by atoms with E-state index >= 15 is 0 Å². The SMILES string of the molecule is C=CCN(CCC)c1nc(C)cc(CNCC)n1. The Morgan fingerprint density at radius 2 is 2.17 bits per heavy atom. The van der Waals surface area contributed by atoms with Gasteiger partial charge in [0.2, 0.25) is 5.95 Å². The van der Waals surface area contributed by atoms with Crippen LogP contribution in [0.4, 0.5) is 5.95 Å². The summed E-state index contributed by atoms with van der Waals surface area (Å²) in [6.07, 6.45) is 2.97. The van der Waals surface area contributed by atoms with E-state index in [4.69, 9.17) is 0 Å². The van der Waals surface area contributed by atoms with Crippen molar-refractivity contribution in [3.8, 4) is 0 Å². The third-order valence-electron chi connectivity index (χ3n) is 2.58. The Labute approximate surface area is 110 Å². The molecular weight excluding hydrogens is 224 g/mol. The lowest BCUT2D eigenvalue weighted by Gasteiger charge is -2.21. The molecular formula is C14H24N4. The third-order valence-corrected chi connectivity index (χ3v) is 2.58. The van der Waals surface area contributed by atoms with Crippen molar-refractivity contribution in [2.75, 3.05) is 24.5 Å². The first-order valence-electron chi connectivity index (χ1n) is 6.62. The Morgan fingerprint density at radius 3 is 2.78 bits per heavy atom. The summed E-state index contributed by atoms with van der Waals surface area (Å²) in [7, 11) is 0. The maximum absolute atomic E-state index is 4.61. The summed E-state index contributed by atoms with van der Waals surface area (Å²) < 4.78 is 0. The number of rotatable bonds is 8.